The predicted molar refractivity (Wildman–Crippen MR) is 104 cm³/mol. The Labute approximate surface area is 161 Å². The predicted octanol–water partition coefficient (Wildman–Crippen LogP) is 3.59. The lowest BCUT2D eigenvalue weighted by molar-refractivity contribution is 0.0857. The van der Waals surface area contributed by atoms with Crippen LogP contribution in [0.4, 0.5) is 0 Å². The van der Waals surface area contributed by atoms with Crippen LogP contribution in [-0.2, 0) is 6.54 Å². The van der Waals surface area contributed by atoms with Crippen molar-refractivity contribution < 1.29 is 9.84 Å². The Morgan fingerprint density at radius 1 is 1.04 bits per heavy atom. The van der Waals surface area contributed by atoms with Gasteiger partial charge >= 0.3 is 0 Å². The van der Waals surface area contributed by atoms with Gasteiger partial charge in [-0.15, -0.1) is 10.2 Å². The second-order valence-corrected chi connectivity index (χ2v) is 6.56. The molecule has 0 saturated carbocycles. The summed E-state index contributed by atoms with van der Waals surface area (Å²) in [6.45, 7) is 0.306. The zero-order valence-electron chi connectivity index (χ0n) is 14.4. The van der Waals surface area contributed by atoms with Crippen LogP contribution in [0.3, 0.4) is 0 Å². The van der Waals surface area contributed by atoms with E-state index in [0.29, 0.717) is 10.8 Å². The summed E-state index contributed by atoms with van der Waals surface area (Å²) in [4.78, 5) is 1.35. The molecule has 3 aromatic carbocycles. The number of benzene rings is 3. The molecule has 0 amide bonds. The van der Waals surface area contributed by atoms with E-state index in [9.17, 15) is 5.11 Å². The van der Waals surface area contributed by atoms with Crippen LogP contribution in [-0.4, -0.2) is 38.0 Å². The first-order valence-electron chi connectivity index (χ1n) is 8.51. The molecule has 0 bridgehead atoms. The molecule has 0 spiro atoms. The average Bonchev–Trinajstić information content (AvgIpc) is 3.15. The molecular weight excluding hydrogens is 364 g/mol. The maximum Gasteiger partial charge on any atom is 0.204 e. The number of rotatable bonds is 6. The maximum atomic E-state index is 10.3. The topological polar surface area (TPSA) is 73.1 Å². The van der Waals surface area contributed by atoms with Gasteiger partial charge in [-0.3, -0.25) is 0 Å². The molecule has 6 nitrogen and oxygen atoms in total. The molecule has 1 atom stereocenters. The van der Waals surface area contributed by atoms with Gasteiger partial charge in [-0.05, 0) is 28.8 Å². The number of nitrogens with zero attached hydrogens (tertiary/aromatic N) is 4. The molecule has 7 heteroatoms. The highest BCUT2D eigenvalue weighted by molar-refractivity contribution is 6.30. The number of hydrogen-bond acceptors (Lipinski definition) is 5. The summed E-state index contributed by atoms with van der Waals surface area (Å²) >= 11 is 5.99. The van der Waals surface area contributed by atoms with Crippen molar-refractivity contribution in [2.45, 2.75) is 12.6 Å². The van der Waals surface area contributed by atoms with E-state index in [2.05, 4.69) is 15.4 Å². The van der Waals surface area contributed by atoms with Crippen LogP contribution in [0.15, 0.2) is 66.7 Å². The van der Waals surface area contributed by atoms with Gasteiger partial charge in [0.1, 0.15) is 18.5 Å². The SMILES string of the molecule is OC(COc1cccc2ccccc12)Cn1nnc(-c2cccc(Cl)c2)n1. The van der Waals surface area contributed by atoms with Crippen molar-refractivity contribution in [1.82, 2.24) is 20.2 Å². The Balaban J connectivity index is 1.40. The monoisotopic (exact) mass is 380 g/mol. The summed E-state index contributed by atoms with van der Waals surface area (Å²) in [5.41, 5.74) is 0.773. The highest BCUT2D eigenvalue weighted by atomic mass is 35.5. The van der Waals surface area contributed by atoms with E-state index in [1.165, 1.54) is 4.80 Å². The molecule has 0 radical (unpaired) electrons. The molecule has 0 aliphatic carbocycles. The van der Waals surface area contributed by atoms with Crippen molar-refractivity contribution in [3.8, 4) is 17.1 Å². The Hall–Kier alpha value is -2.96. The smallest absolute Gasteiger partial charge is 0.204 e. The fourth-order valence-electron chi connectivity index (χ4n) is 2.81. The third kappa shape index (κ3) is 4.07. The number of aliphatic hydroxyl groups excluding tert-OH is 1. The van der Waals surface area contributed by atoms with Gasteiger partial charge in [0.2, 0.25) is 5.82 Å². The second-order valence-electron chi connectivity index (χ2n) is 6.12. The van der Waals surface area contributed by atoms with Crippen molar-refractivity contribution in [3.05, 3.63) is 71.8 Å². The third-order valence-corrected chi connectivity index (χ3v) is 4.33. The minimum Gasteiger partial charge on any atom is -0.490 e. The molecule has 4 aromatic rings. The van der Waals surface area contributed by atoms with Gasteiger partial charge in [0.15, 0.2) is 0 Å². The van der Waals surface area contributed by atoms with Crippen molar-refractivity contribution in [2.24, 2.45) is 0 Å². The summed E-state index contributed by atoms with van der Waals surface area (Å²) in [6.07, 6.45) is -0.773. The summed E-state index contributed by atoms with van der Waals surface area (Å²) < 4.78 is 5.80. The molecule has 1 N–H and O–H groups in total. The first kappa shape index (κ1) is 17.5. The Bertz CT molecular complexity index is 1060. The van der Waals surface area contributed by atoms with Crippen LogP contribution in [0.25, 0.3) is 22.2 Å². The van der Waals surface area contributed by atoms with E-state index in [1.54, 1.807) is 12.1 Å². The van der Waals surface area contributed by atoms with Crippen LogP contribution >= 0.6 is 11.6 Å². The minimum absolute atomic E-state index is 0.127. The Morgan fingerprint density at radius 3 is 2.74 bits per heavy atom. The van der Waals surface area contributed by atoms with Gasteiger partial charge < -0.3 is 9.84 Å². The maximum absolute atomic E-state index is 10.3. The Morgan fingerprint density at radius 2 is 1.85 bits per heavy atom. The molecule has 136 valence electrons. The molecule has 0 saturated heterocycles. The van der Waals surface area contributed by atoms with Gasteiger partial charge in [-0.25, -0.2) is 0 Å². The van der Waals surface area contributed by atoms with Crippen LogP contribution in [0, 0.1) is 0 Å². The number of aromatic nitrogens is 4. The van der Waals surface area contributed by atoms with E-state index < -0.39 is 6.10 Å². The fraction of sp³-hybridized carbons (Fsp3) is 0.150. The summed E-state index contributed by atoms with van der Waals surface area (Å²) in [5.74, 6) is 1.19. The number of aliphatic hydroxyl groups is 1. The standard InChI is InChI=1S/C20H17ClN4O2/c21-16-8-3-7-15(11-16)20-22-24-25(23-20)12-17(26)13-27-19-10-4-6-14-5-1-2-9-18(14)19/h1-11,17,26H,12-13H2. The van der Waals surface area contributed by atoms with Crippen LogP contribution in [0.5, 0.6) is 5.75 Å². The third-order valence-electron chi connectivity index (χ3n) is 4.09. The molecule has 1 aromatic heterocycles. The molecule has 0 aliphatic heterocycles. The molecule has 0 aliphatic rings. The minimum atomic E-state index is -0.773. The normalized spacial score (nSPS) is 12.2. The van der Waals surface area contributed by atoms with E-state index >= 15 is 0 Å². The average molecular weight is 381 g/mol. The molecule has 1 unspecified atom stereocenters. The van der Waals surface area contributed by atoms with E-state index in [-0.39, 0.29) is 13.2 Å². The quantitative estimate of drug-likeness (QED) is 0.553. The van der Waals surface area contributed by atoms with Crippen molar-refractivity contribution >= 4 is 22.4 Å². The molecule has 0 fully saturated rings. The summed E-state index contributed by atoms with van der Waals surface area (Å²) in [6, 6.07) is 21.0. The van der Waals surface area contributed by atoms with Crippen molar-refractivity contribution in [3.63, 3.8) is 0 Å². The number of ether oxygens (including phenoxy) is 1. The van der Waals surface area contributed by atoms with E-state index in [1.807, 2.05) is 54.6 Å². The van der Waals surface area contributed by atoms with Gasteiger partial charge in [-0.2, -0.15) is 4.80 Å². The number of halogens is 1. The van der Waals surface area contributed by atoms with Crippen LogP contribution in [0.1, 0.15) is 0 Å². The van der Waals surface area contributed by atoms with E-state index in [4.69, 9.17) is 16.3 Å². The zero-order chi connectivity index (χ0) is 18.6. The van der Waals surface area contributed by atoms with Gasteiger partial charge in [0.05, 0.1) is 6.54 Å². The fourth-order valence-corrected chi connectivity index (χ4v) is 3.00. The lowest BCUT2D eigenvalue weighted by atomic mass is 10.1. The summed E-state index contributed by atoms with van der Waals surface area (Å²) in [7, 11) is 0. The van der Waals surface area contributed by atoms with E-state index in [0.717, 1.165) is 22.1 Å². The first-order chi connectivity index (χ1) is 13.2. The van der Waals surface area contributed by atoms with Crippen molar-refractivity contribution in [1.29, 1.82) is 0 Å². The first-order valence-corrected chi connectivity index (χ1v) is 8.89. The van der Waals surface area contributed by atoms with Gasteiger partial charge in [0.25, 0.3) is 0 Å². The zero-order valence-corrected chi connectivity index (χ0v) is 15.1. The largest absolute Gasteiger partial charge is 0.490 e. The highest BCUT2D eigenvalue weighted by Crippen LogP contribution is 2.25. The lowest BCUT2D eigenvalue weighted by Crippen LogP contribution is -2.25. The highest BCUT2D eigenvalue weighted by Gasteiger charge is 2.12. The van der Waals surface area contributed by atoms with Gasteiger partial charge in [-0.1, -0.05) is 60.1 Å². The number of tetrazole rings is 1. The van der Waals surface area contributed by atoms with Crippen LogP contribution < -0.4 is 4.74 Å². The molecule has 1 heterocycles. The molecule has 27 heavy (non-hydrogen) atoms. The molecule has 4 rings (SSSR count). The lowest BCUT2D eigenvalue weighted by Gasteiger charge is -2.13. The number of hydrogen-bond donors (Lipinski definition) is 1. The second kappa shape index (κ2) is 7.73. The number of fused-ring (bicyclic) bond motifs is 1. The Kier molecular flexibility index (Phi) is 5.00. The molecular formula is C20H17ClN4O2. The van der Waals surface area contributed by atoms with Gasteiger partial charge in [0, 0.05) is 16.0 Å². The van der Waals surface area contributed by atoms with Crippen LogP contribution in [0.2, 0.25) is 5.02 Å². The summed E-state index contributed by atoms with van der Waals surface area (Å²) in [5, 5.41) is 25.3. The van der Waals surface area contributed by atoms with Crippen molar-refractivity contribution in [2.75, 3.05) is 6.61 Å².